The van der Waals surface area contributed by atoms with Crippen LogP contribution < -0.4 is 48.3 Å². The number of carbonyl (C=O) groups excluding carboxylic acids is 9. The molecule has 0 saturated carbocycles. The molecule has 0 unspecified atom stereocenters. The SMILES string of the molecule is C[C@@]12CCCN1C(=O)[C@H](Cc1ccc(O)cc1)NC(=O)[C@H](Cc1cnc[nH]1)NC(=O)[C@H](CC(=O)O)NC(=O)[C@H](Cc1c[nH]c3ccc(F)cc13)NC(=O)[C@H](Cc1c[nH]c3ccc(F)cc13)NC(=O)CNC(=O)[C@H](CCCCN)NC(=O)CCSCc1cccc(c1)CSCCNC2=O. The van der Waals surface area contributed by atoms with Gasteiger partial charge in [-0.1, -0.05) is 36.4 Å². The summed E-state index contributed by atoms with van der Waals surface area (Å²) < 4.78 is 29.8. The first-order chi connectivity index (χ1) is 47.1. The molecule has 2 aliphatic heterocycles. The number of rotatable bonds is 14. The lowest BCUT2D eigenvalue weighted by molar-refractivity contribution is -0.146. The summed E-state index contributed by atoms with van der Waals surface area (Å²) in [7, 11) is 0. The summed E-state index contributed by atoms with van der Waals surface area (Å²) in [5.74, 6) is -8.30. The molecule has 15 N–H and O–H groups in total. The zero-order valence-corrected chi connectivity index (χ0v) is 55.4. The topological polar surface area (TPSA) is 397 Å². The van der Waals surface area contributed by atoms with Gasteiger partial charge in [0.15, 0.2) is 0 Å². The predicted octanol–water partition coefficient (Wildman–Crippen LogP) is 3.32. The smallest absolute Gasteiger partial charge is 0.305 e. The monoisotopic (exact) mass is 1390 g/mol. The molecule has 9 amide bonds. The molecule has 2 bridgehead atoms. The molecule has 7 aromatic rings. The lowest BCUT2D eigenvalue weighted by atomic mass is 9.95. The third-order valence-electron chi connectivity index (χ3n) is 17.2. The van der Waals surface area contributed by atoms with Crippen LogP contribution in [0.5, 0.6) is 5.75 Å². The van der Waals surface area contributed by atoms with Crippen molar-refractivity contribution in [2.75, 3.05) is 37.7 Å². The summed E-state index contributed by atoms with van der Waals surface area (Å²) in [5.41, 5.74) is 8.71. The number of unbranched alkanes of at least 4 members (excludes halogenated alkanes) is 1. The molecule has 0 aliphatic carbocycles. The molecule has 0 radical (unpaired) electrons. The Hall–Kier alpha value is -9.81. The number of fused-ring (bicyclic) bond motifs is 5. The average molecular weight is 1390 g/mol. The fourth-order valence-corrected chi connectivity index (χ4v) is 13.6. The maximum atomic E-state index is 15.1. The normalized spacial score (nSPS) is 22.3. The second kappa shape index (κ2) is 34.4. The minimum absolute atomic E-state index is 0.0559. The largest absolute Gasteiger partial charge is 0.508 e. The first-order valence-corrected chi connectivity index (χ1v) is 34.5. The number of imidazole rings is 1. The van der Waals surface area contributed by atoms with E-state index in [4.69, 9.17) is 5.73 Å². The van der Waals surface area contributed by atoms with Crippen molar-refractivity contribution in [1.82, 2.24) is 67.4 Å². The number of phenolic OH excluding ortho intramolecular Hbond substituents is 1. The number of H-pyrrole nitrogens is 3. The predicted molar refractivity (Wildman–Crippen MR) is 364 cm³/mol. The highest BCUT2D eigenvalue weighted by Crippen LogP contribution is 2.31. The van der Waals surface area contributed by atoms with Crippen molar-refractivity contribution < 1.29 is 66.9 Å². The van der Waals surface area contributed by atoms with Gasteiger partial charge in [0.05, 0.1) is 19.3 Å². The second-order valence-corrected chi connectivity index (χ2v) is 26.7. The first kappa shape index (κ1) is 72.5. The van der Waals surface area contributed by atoms with Gasteiger partial charge in [0, 0.05) is 114 Å². The number of aromatic hydroxyl groups is 1. The molecule has 26 nitrogen and oxygen atoms in total. The third-order valence-corrected chi connectivity index (χ3v) is 19.2. The van der Waals surface area contributed by atoms with Gasteiger partial charge < -0.3 is 78.3 Å². The number of amides is 9. The number of nitrogens with zero attached hydrogens (tertiary/aromatic N) is 2. The number of aliphatic carboxylic acids is 1. The molecular formula is C68H80F2N14O12S2. The van der Waals surface area contributed by atoms with Crippen LogP contribution in [0, 0.1) is 11.6 Å². The number of halogens is 2. The molecular weight excluding hydrogens is 1310 g/mol. The quantitative estimate of drug-likeness (QED) is 0.0695. The number of phenols is 1. The molecule has 9 rings (SSSR count). The van der Waals surface area contributed by atoms with Crippen LogP contribution in [0.4, 0.5) is 8.78 Å². The zero-order chi connectivity index (χ0) is 69.9. The van der Waals surface area contributed by atoms with Crippen LogP contribution in [0.15, 0.2) is 110 Å². The molecule has 520 valence electrons. The highest BCUT2D eigenvalue weighted by molar-refractivity contribution is 7.98. The molecule has 30 heteroatoms. The Morgan fingerprint density at radius 1 is 0.643 bits per heavy atom. The lowest BCUT2D eigenvalue weighted by Crippen LogP contribution is -2.62. The molecule has 1 fully saturated rings. The number of benzene rings is 4. The number of hydrogen-bond donors (Lipinski definition) is 14. The fourth-order valence-electron chi connectivity index (χ4n) is 11.9. The molecule has 5 heterocycles. The molecule has 1 saturated heterocycles. The van der Waals surface area contributed by atoms with Crippen molar-refractivity contribution in [3.05, 3.63) is 155 Å². The van der Waals surface area contributed by atoms with Gasteiger partial charge in [-0.2, -0.15) is 23.5 Å². The van der Waals surface area contributed by atoms with Crippen molar-refractivity contribution in [1.29, 1.82) is 0 Å². The van der Waals surface area contributed by atoms with Crippen molar-refractivity contribution >= 4 is 104 Å². The van der Waals surface area contributed by atoms with Crippen LogP contribution in [0.1, 0.15) is 85.4 Å². The summed E-state index contributed by atoms with van der Waals surface area (Å²) in [6.45, 7) is 1.64. The van der Waals surface area contributed by atoms with E-state index in [-0.39, 0.29) is 68.3 Å². The summed E-state index contributed by atoms with van der Waals surface area (Å²) >= 11 is 3.11. The van der Waals surface area contributed by atoms with Crippen LogP contribution in [0.3, 0.4) is 0 Å². The number of carboxylic acids is 1. The van der Waals surface area contributed by atoms with Crippen molar-refractivity contribution in [3.63, 3.8) is 0 Å². The van der Waals surface area contributed by atoms with E-state index in [0.717, 1.165) is 11.1 Å². The maximum absolute atomic E-state index is 15.1. The van der Waals surface area contributed by atoms with Gasteiger partial charge in [-0.3, -0.25) is 47.9 Å². The number of thioether (sulfide) groups is 2. The number of aromatic nitrogens is 4. The van der Waals surface area contributed by atoms with Gasteiger partial charge in [-0.15, -0.1) is 0 Å². The van der Waals surface area contributed by atoms with Crippen molar-refractivity contribution in [3.8, 4) is 5.75 Å². The minimum Gasteiger partial charge on any atom is -0.508 e. The van der Waals surface area contributed by atoms with Gasteiger partial charge >= 0.3 is 5.97 Å². The van der Waals surface area contributed by atoms with E-state index < -0.39 is 132 Å². The number of carbonyl (C=O) groups is 10. The van der Waals surface area contributed by atoms with Crippen LogP contribution in [0.25, 0.3) is 21.8 Å². The summed E-state index contributed by atoms with van der Waals surface area (Å²) in [4.78, 5) is 158. The standard InChI is InChI=1S/C68H80F2N14O12S2/c1-68-18-5-21-84(68)66(95)57(25-39-9-13-47(85)14-10-39)83-64(93)55(30-46-34-72-38-77-46)81-65(94)56(31-60(88)89)82-63(92)54(27-43-33-75-51-16-12-45(70)29-49(43)51)80-62(91)53(26-42-32-74-50-15-11-44(69)28-48(42)50)79-59(87)35-76-61(90)52(8-2-3-19-71)78-58(86)17-22-97-36-40-6-4-7-41(24-40)37-98-23-20-73-67(68)96/h4,6-7,9-16,24,28-29,32-34,38,52-57,74-75,85H,2-3,5,8,17-23,25-27,30-31,35-37,71H2,1H3,(H,72,77)(H,73,96)(H,76,90)(H,78,86)(H,79,87)(H,80,91)(H,81,94)(H,82,92)(H,83,93)(H,88,89)/t52-,53-,54-,55-,56-,57-,68-/m0/s1. The highest BCUT2D eigenvalue weighted by Gasteiger charge is 2.48. The number of carboxylic acid groups (broad SMARTS) is 1. The number of aromatic amines is 3. The number of nitrogens with one attached hydrogen (secondary N) is 11. The molecule has 4 aromatic carbocycles. The number of nitrogens with two attached hydrogens (primary N) is 1. The Kier molecular flexibility index (Phi) is 25.4. The Morgan fingerprint density at radius 3 is 1.84 bits per heavy atom. The van der Waals surface area contributed by atoms with Crippen LogP contribution in [-0.2, 0) is 85.1 Å². The van der Waals surface area contributed by atoms with E-state index in [1.165, 1.54) is 90.1 Å². The summed E-state index contributed by atoms with van der Waals surface area (Å²) in [6, 6.07) is 12.0. The fraction of sp³-hybridized carbons (Fsp3) is 0.397. The molecule has 3 aromatic heterocycles. The van der Waals surface area contributed by atoms with Crippen LogP contribution >= 0.6 is 23.5 Å². The number of hydrogen-bond acceptors (Lipinski definition) is 15. The summed E-state index contributed by atoms with van der Waals surface area (Å²) in [6.07, 6.45) is 5.12. The van der Waals surface area contributed by atoms with E-state index in [0.29, 0.717) is 82.1 Å². The summed E-state index contributed by atoms with van der Waals surface area (Å²) in [5, 5.41) is 42.5. The van der Waals surface area contributed by atoms with Crippen LogP contribution in [0.2, 0.25) is 0 Å². The minimum atomic E-state index is -2.01. The highest BCUT2D eigenvalue weighted by atomic mass is 32.2. The zero-order valence-electron chi connectivity index (χ0n) is 53.8. The Morgan fingerprint density at radius 2 is 1.22 bits per heavy atom. The Balaban J connectivity index is 1.04. The van der Waals surface area contributed by atoms with Gasteiger partial charge in [-0.25, -0.2) is 13.8 Å². The van der Waals surface area contributed by atoms with Crippen LogP contribution in [-0.4, -0.2) is 174 Å². The van der Waals surface area contributed by atoms with Gasteiger partial charge in [0.25, 0.3) is 0 Å². The Bertz CT molecular complexity index is 4010. The first-order valence-electron chi connectivity index (χ1n) is 32.2. The second-order valence-electron chi connectivity index (χ2n) is 24.5. The van der Waals surface area contributed by atoms with Gasteiger partial charge in [0.2, 0.25) is 53.2 Å². The van der Waals surface area contributed by atoms with E-state index in [2.05, 4.69) is 68.5 Å². The van der Waals surface area contributed by atoms with E-state index >= 15 is 14.4 Å². The van der Waals surface area contributed by atoms with Gasteiger partial charge in [-0.05, 0) is 122 Å². The molecule has 7 atom stereocenters. The van der Waals surface area contributed by atoms with E-state index in [1.54, 1.807) is 30.8 Å². The van der Waals surface area contributed by atoms with E-state index in [9.17, 15) is 52.6 Å². The van der Waals surface area contributed by atoms with E-state index in [1.807, 2.05) is 18.2 Å². The lowest BCUT2D eigenvalue weighted by Gasteiger charge is -2.36. The molecule has 2 aliphatic rings. The van der Waals surface area contributed by atoms with Crippen molar-refractivity contribution in [2.45, 2.75) is 131 Å². The maximum Gasteiger partial charge on any atom is 0.305 e. The molecule has 0 spiro atoms. The average Bonchev–Trinajstić information content (AvgIpc) is 1.59. The van der Waals surface area contributed by atoms with Crippen molar-refractivity contribution in [2.24, 2.45) is 5.73 Å². The molecule has 98 heavy (non-hydrogen) atoms. The third kappa shape index (κ3) is 19.9. The van der Waals surface area contributed by atoms with Gasteiger partial charge in [0.1, 0.15) is 59.2 Å². The Labute approximate surface area is 571 Å².